The summed E-state index contributed by atoms with van der Waals surface area (Å²) in [6.07, 6.45) is 7.76. The van der Waals surface area contributed by atoms with Crippen molar-refractivity contribution in [3.05, 3.63) is 36.5 Å². The predicted molar refractivity (Wildman–Crippen MR) is 54.3 cm³/mol. The minimum absolute atomic E-state index is 0.187. The van der Waals surface area contributed by atoms with Crippen molar-refractivity contribution < 1.29 is 9.53 Å². The van der Waals surface area contributed by atoms with Crippen LogP contribution >= 0.6 is 0 Å². The first-order valence-corrected chi connectivity index (χ1v) is 4.34. The van der Waals surface area contributed by atoms with Gasteiger partial charge in [-0.15, -0.1) is 0 Å². The molecule has 0 saturated carbocycles. The molecule has 72 valence electrons. The molecule has 0 rings (SSSR count). The van der Waals surface area contributed by atoms with Crippen LogP contribution in [0.15, 0.2) is 36.5 Å². The zero-order chi connectivity index (χ0) is 10.1. The van der Waals surface area contributed by atoms with Crippen molar-refractivity contribution in [1.29, 1.82) is 0 Å². The standard InChI is InChI=1S/C11H16O2/c1-4-7-8-10(5-2)9-13-11(12)6-3/h4-5,7-8H,2,6,9H2,1,3H3/b7-4-,10-8+. The van der Waals surface area contributed by atoms with E-state index >= 15 is 0 Å². The van der Waals surface area contributed by atoms with Crippen molar-refractivity contribution in [3.63, 3.8) is 0 Å². The van der Waals surface area contributed by atoms with Gasteiger partial charge in [-0.05, 0) is 12.5 Å². The number of ether oxygens (including phenoxy) is 1. The van der Waals surface area contributed by atoms with Crippen LogP contribution in [0.1, 0.15) is 20.3 Å². The van der Waals surface area contributed by atoms with Crippen LogP contribution in [0.2, 0.25) is 0 Å². The first-order valence-electron chi connectivity index (χ1n) is 4.34. The van der Waals surface area contributed by atoms with Gasteiger partial charge in [0.1, 0.15) is 6.61 Å². The lowest BCUT2D eigenvalue weighted by molar-refractivity contribution is -0.142. The van der Waals surface area contributed by atoms with Crippen molar-refractivity contribution >= 4 is 5.97 Å². The van der Waals surface area contributed by atoms with Gasteiger partial charge in [0.25, 0.3) is 0 Å². The van der Waals surface area contributed by atoms with Gasteiger partial charge < -0.3 is 4.74 Å². The molecule has 0 amide bonds. The van der Waals surface area contributed by atoms with Gasteiger partial charge in [-0.2, -0.15) is 0 Å². The molecule has 0 saturated heterocycles. The minimum atomic E-state index is -0.187. The Morgan fingerprint density at radius 2 is 2.23 bits per heavy atom. The highest BCUT2D eigenvalue weighted by Gasteiger charge is 1.98. The van der Waals surface area contributed by atoms with Gasteiger partial charge >= 0.3 is 5.97 Å². The maximum absolute atomic E-state index is 10.8. The van der Waals surface area contributed by atoms with E-state index in [1.807, 2.05) is 25.2 Å². The van der Waals surface area contributed by atoms with E-state index in [-0.39, 0.29) is 5.97 Å². The number of hydrogen-bond donors (Lipinski definition) is 0. The molecule has 2 heteroatoms. The Bertz CT molecular complexity index is 224. The lowest BCUT2D eigenvalue weighted by atomic mass is 10.2. The number of carbonyl (C=O) groups is 1. The summed E-state index contributed by atoms with van der Waals surface area (Å²) in [7, 11) is 0. The topological polar surface area (TPSA) is 26.3 Å². The minimum Gasteiger partial charge on any atom is -0.461 e. The molecule has 13 heavy (non-hydrogen) atoms. The van der Waals surface area contributed by atoms with E-state index in [9.17, 15) is 4.79 Å². The molecule has 2 nitrogen and oxygen atoms in total. The zero-order valence-electron chi connectivity index (χ0n) is 8.25. The van der Waals surface area contributed by atoms with Crippen molar-refractivity contribution in [1.82, 2.24) is 0 Å². The Morgan fingerprint density at radius 1 is 1.54 bits per heavy atom. The van der Waals surface area contributed by atoms with Gasteiger partial charge in [0.05, 0.1) is 0 Å². The van der Waals surface area contributed by atoms with Crippen LogP contribution in [-0.4, -0.2) is 12.6 Å². The molecule has 0 fully saturated rings. The molecule has 0 radical (unpaired) electrons. The lowest BCUT2D eigenvalue weighted by Crippen LogP contribution is -2.04. The summed E-state index contributed by atoms with van der Waals surface area (Å²) in [5, 5.41) is 0. The summed E-state index contributed by atoms with van der Waals surface area (Å²) < 4.78 is 4.93. The van der Waals surface area contributed by atoms with Crippen LogP contribution < -0.4 is 0 Å². The van der Waals surface area contributed by atoms with Crippen molar-refractivity contribution in [3.8, 4) is 0 Å². The van der Waals surface area contributed by atoms with Crippen LogP contribution in [0.25, 0.3) is 0 Å². The molecule has 0 aromatic heterocycles. The van der Waals surface area contributed by atoms with Crippen LogP contribution in [0, 0.1) is 0 Å². The van der Waals surface area contributed by atoms with Crippen LogP contribution in [0.3, 0.4) is 0 Å². The van der Waals surface area contributed by atoms with Crippen LogP contribution in [0.4, 0.5) is 0 Å². The lowest BCUT2D eigenvalue weighted by Gasteiger charge is -2.02. The van der Waals surface area contributed by atoms with E-state index in [2.05, 4.69) is 6.58 Å². The van der Waals surface area contributed by atoms with E-state index < -0.39 is 0 Å². The maximum Gasteiger partial charge on any atom is 0.305 e. The fourth-order valence-electron chi connectivity index (χ4n) is 0.661. The molecule has 0 aliphatic rings. The van der Waals surface area contributed by atoms with E-state index in [0.717, 1.165) is 5.57 Å². The molecule has 0 aromatic rings. The van der Waals surface area contributed by atoms with Gasteiger partial charge in [0.15, 0.2) is 0 Å². The number of allylic oxidation sites excluding steroid dienone is 3. The Labute approximate surface area is 79.6 Å². The summed E-state index contributed by atoms with van der Waals surface area (Å²) >= 11 is 0. The van der Waals surface area contributed by atoms with Gasteiger partial charge in [0, 0.05) is 6.42 Å². The number of rotatable bonds is 5. The molecule has 0 spiro atoms. The maximum atomic E-state index is 10.8. The van der Waals surface area contributed by atoms with Crippen LogP contribution in [0.5, 0.6) is 0 Å². The summed E-state index contributed by atoms with van der Waals surface area (Å²) in [6.45, 7) is 7.63. The number of esters is 1. The van der Waals surface area contributed by atoms with Crippen molar-refractivity contribution in [2.24, 2.45) is 0 Å². The summed E-state index contributed by atoms with van der Waals surface area (Å²) in [5.41, 5.74) is 0.903. The van der Waals surface area contributed by atoms with E-state index in [4.69, 9.17) is 4.74 Å². The third-order valence-electron chi connectivity index (χ3n) is 1.45. The molecular formula is C11H16O2. The fraction of sp³-hybridized carbons (Fsp3) is 0.364. The normalized spacial score (nSPS) is 11.7. The van der Waals surface area contributed by atoms with Gasteiger partial charge in [-0.25, -0.2) is 0 Å². The van der Waals surface area contributed by atoms with Crippen molar-refractivity contribution in [2.75, 3.05) is 6.61 Å². The first kappa shape index (κ1) is 11.7. The van der Waals surface area contributed by atoms with E-state index in [1.54, 1.807) is 13.0 Å². The second-order valence-corrected chi connectivity index (χ2v) is 2.49. The SMILES string of the molecule is C=C/C(=C\C=C/C)COC(=O)CC. The highest BCUT2D eigenvalue weighted by atomic mass is 16.5. The smallest absolute Gasteiger partial charge is 0.305 e. The Morgan fingerprint density at radius 3 is 2.69 bits per heavy atom. The first-order chi connectivity index (χ1) is 6.24. The second kappa shape index (κ2) is 7.35. The second-order valence-electron chi connectivity index (χ2n) is 2.49. The third-order valence-corrected chi connectivity index (χ3v) is 1.45. The average molecular weight is 180 g/mol. The summed E-state index contributed by atoms with van der Waals surface area (Å²) in [5.74, 6) is -0.187. The Kier molecular flexibility index (Phi) is 6.60. The Hall–Kier alpha value is -1.31. The molecule has 0 N–H and O–H groups in total. The van der Waals surface area contributed by atoms with E-state index in [1.165, 1.54) is 0 Å². The predicted octanol–water partition coefficient (Wildman–Crippen LogP) is 2.63. The molecule has 0 atom stereocenters. The molecule has 0 heterocycles. The van der Waals surface area contributed by atoms with E-state index in [0.29, 0.717) is 13.0 Å². The highest BCUT2D eigenvalue weighted by molar-refractivity contribution is 5.69. The van der Waals surface area contributed by atoms with Gasteiger partial charge in [-0.3, -0.25) is 4.79 Å². The monoisotopic (exact) mass is 180 g/mol. The van der Waals surface area contributed by atoms with Gasteiger partial charge in [0.2, 0.25) is 0 Å². The Balaban J connectivity index is 3.99. The highest BCUT2D eigenvalue weighted by Crippen LogP contribution is 1.98. The molecule has 0 unspecified atom stereocenters. The fourth-order valence-corrected chi connectivity index (χ4v) is 0.661. The number of carbonyl (C=O) groups excluding carboxylic acids is 1. The largest absolute Gasteiger partial charge is 0.461 e. The summed E-state index contributed by atoms with van der Waals surface area (Å²) in [4.78, 5) is 10.8. The van der Waals surface area contributed by atoms with Crippen molar-refractivity contribution in [2.45, 2.75) is 20.3 Å². The quantitative estimate of drug-likeness (QED) is 0.480. The molecule has 0 bridgehead atoms. The molecule has 0 aliphatic heterocycles. The zero-order valence-corrected chi connectivity index (χ0v) is 8.25. The molecular weight excluding hydrogens is 164 g/mol. The molecule has 0 aliphatic carbocycles. The van der Waals surface area contributed by atoms with Gasteiger partial charge in [-0.1, -0.05) is 37.8 Å². The molecule has 0 aromatic carbocycles. The average Bonchev–Trinajstić information content (AvgIpc) is 2.17. The summed E-state index contributed by atoms with van der Waals surface area (Å²) in [6, 6.07) is 0. The third kappa shape index (κ3) is 5.91. The van der Waals surface area contributed by atoms with Crippen LogP contribution in [-0.2, 0) is 9.53 Å². The number of hydrogen-bond acceptors (Lipinski definition) is 2.